The number of hydrogen-bond donors (Lipinski definition) is 0. The Labute approximate surface area is 196 Å². The van der Waals surface area contributed by atoms with Gasteiger partial charge in [0.1, 0.15) is 17.0 Å². The molecule has 0 radical (unpaired) electrons. The topological polar surface area (TPSA) is 65.7 Å². The van der Waals surface area contributed by atoms with Crippen molar-refractivity contribution in [2.24, 2.45) is 7.05 Å². The molecule has 0 spiro atoms. The zero-order valence-electron chi connectivity index (χ0n) is 19.0. The Bertz CT molecular complexity index is 1350. The molecule has 4 aromatic rings. The van der Waals surface area contributed by atoms with Crippen LogP contribution in [0, 0.1) is 19.7 Å². The summed E-state index contributed by atoms with van der Waals surface area (Å²) in [6, 6.07) is 6.63. The predicted octanol–water partition coefficient (Wildman–Crippen LogP) is 5.86. The first-order valence-corrected chi connectivity index (χ1v) is 11.4. The Hall–Kier alpha value is -2.90. The second kappa shape index (κ2) is 8.47. The zero-order valence-corrected chi connectivity index (χ0v) is 19.8. The molecule has 0 unspecified atom stereocenters. The molecule has 0 bridgehead atoms. The summed E-state index contributed by atoms with van der Waals surface area (Å²) in [5.74, 6) is -0.303. The number of aryl methyl sites for hydroxylation is 3. The molecule has 1 fully saturated rings. The molecule has 1 aromatic carbocycles. The van der Waals surface area contributed by atoms with E-state index in [0.717, 1.165) is 35.5 Å². The summed E-state index contributed by atoms with van der Waals surface area (Å²) in [4.78, 5) is 14.5. The van der Waals surface area contributed by atoms with Crippen molar-refractivity contribution in [2.75, 3.05) is 0 Å². The Kier molecular flexibility index (Phi) is 5.62. The lowest BCUT2D eigenvalue weighted by Gasteiger charge is -2.33. The highest BCUT2D eigenvalue weighted by atomic mass is 35.5. The van der Waals surface area contributed by atoms with E-state index < -0.39 is 5.82 Å². The van der Waals surface area contributed by atoms with Gasteiger partial charge in [-0.05, 0) is 57.9 Å². The van der Waals surface area contributed by atoms with Gasteiger partial charge in [0.2, 0.25) is 0 Å². The lowest BCUT2D eigenvalue weighted by Crippen LogP contribution is -2.25. The van der Waals surface area contributed by atoms with Gasteiger partial charge < -0.3 is 4.74 Å². The Morgan fingerprint density at radius 2 is 1.88 bits per heavy atom. The molecular weight excluding hydrogens is 441 g/mol. The van der Waals surface area contributed by atoms with Crippen molar-refractivity contribution in [2.45, 2.75) is 51.7 Å². The van der Waals surface area contributed by atoms with Gasteiger partial charge in [-0.3, -0.25) is 4.68 Å². The molecule has 1 saturated heterocycles. The van der Waals surface area contributed by atoms with E-state index in [4.69, 9.17) is 31.3 Å². The molecule has 6 nitrogen and oxygen atoms in total. The number of ether oxygens (including phenoxy) is 1. The predicted molar refractivity (Wildman–Crippen MR) is 126 cm³/mol. The van der Waals surface area contributed by atoms with Crippen molar-refractivity contribution in [3.8, 4) is 11.3 Å². The molecule has 33 heavy (non-hydrogen) atoms. The van der Waals surface area contributed by atoms with Crippen LogP contribution in [0.25, 0.3) is 22.3 Å². The van der Waals surface area contributed by atoms with Crippen LogP contribution in [0.2, 0.25) is 5.02 Å². The number of nitrogens with zero attached hydrogens (tertiary/aromatic N) is 5. The summed E-state index contributed by atoms with van der Waals surface area (Å²) in [7, 11) is 1.90. The molecule has 1 aliphatic heterocycles. The normalized spacial score (nSPS) is 21.0. The van der Waals surface area contributed by atoms with Crippen molar-refractivity contribution in [3.63, 3.8) is 0 Å². The second-order valence-corrected chi connectivity index (χ2v) is 9.27. The lowest BCUT2D eigenvalue weighted by molar-refractivity contribution is -0.0506. The molecule has 3 atom stereocenters. The summed E-state index contributed by atoms with van der Waals surface area (Å²) < 4.78 is 23.0. The maximum absolute atomic E-state index is 15.0. The van der Waals surface area contributed by atoms with Crippen LogP contribution in [0.3, 0.4) is 0 Å². The molecule has 0 amide bonds. The van der Waals surface area contributed by atoms with E-state index in [0.29, 0.717) is 27.3 Å². The van der Waals surface area contributed by atoms with E-state index in [-0.39, 0.29) is 18.1 Å². The molecule has 3 aromatic heterocycles. The minimum Gasteiger partial charge on any atom is -0.370 e. The zero-order chi connectivity index (χ0) is 23.3. The molecule has 0 aliphatic carbocycles. The average Bonchev–Trinajstić information content (AvgIpc) is 3.20. The van der Waals surface area contributed by atoms with Crippen LogP contribution in [-0.4, -0.2) is 30.8 Å². The first kappa shape index (κ1) is 21.9. The fourth-order valence-corrected chi connectivity index (χ4v) is 4.70. The quantitative estimate of drug-likeness (QED) is 0.379. The molecule has 5 rings (SSSR count). The first-order chi connectivity index (χ1) is 15.8. The number of aromatic nitrogens is 5. The van der Waals surface area contributed by atoms with Gasteiger partial charge in [0.15, 0.2) is 0 Å². The number of pyridine rings is 1. The van der Waals surface area contributed by atoms with Crippen molar-refractivity contribution >= 4 is 22.6 Å². The largest absolute Gasteiger partial charge is 0.370 e. The summed E-state index contributed by atoms with van der Waals surface area (Å²) in [6.07, 6.45) is 5.38. The molecular formula is C25H25ClFN5O. The highest BCUT2D eigenvalue weighted by Crippen LogP contribution is 2.41. The second-order valence-electron chi connectivity index (χ2n) is 8.83. The minimum absolute atomic E-state index is 0.0491. The van der Waals surface area contributed by atoms with E-state index in [2.05, 4.69) is 12.0 Å². The van der Waals surface area contributed by atoms with Gasteiger partial charge in [-0.15, -0.1) is 0 Å². The van der Waals surface area contributed by atoms with Gasteiger partial charge in [0, 0.05) is 41.0 Å². The third-order valence-corrected chi connectivity index (χ3v) is 6.53. The van der Waals surface area contributed by atoms with E-state index in [1.807, 2.05) is 39.4 Å². The van der Waals surface area contributed by atoms with Gasteiger partial charge in [0.05, 0.1) is 35.3 Å². The van der Waals surface area contributed by atoms with Crippen LogP contribution in [0.1, 0.15) is 54.4 Å². The molecule has 4 heterocycles. The van der Waals surface area contributed by atoms with Crippen LogP contribution in [0.5, 0.6) is 0 Å². The van der Waals surface area contributed by atoms with Gasteiger partial charge in [0.25, 0.3) is 0 Å². The molecule has 170 valence electrons. The van der Waals surface area contributed by atoms with Crippen molar-refractivity contribution in [1.29, 1.82) is 0 Å². The maximum atomic E-state index is 15.0. The molecule has 0 saturated carbocycles. The highest BCUT2D eigenvalue weighted by molar-refractivity contribution is 6.30. The number of rotatable bonds is 3. The van der Waals surface area contributed by atoms with Crippen LogP contribution < -0.4 is 0 Å². The maximum Gasteiger partial charge on any atom is 0.134 e. The van der Waals surface area contributed by atoms with Gasteiger partial charge in [-0.1, -0.05) is 11.6 Å². The summed E-state index contributed by atoms with van der Waals surface area (Å²) >= 11 is 6.00. The number of benzene rings is 1. The molecule has 8 heteroatoms. The fraction of sp³-hybridized carbons (Fsp3) is 0.360. The number of halogens is 2. The third-order valence-electron chi connectivity index (χ3n) is 6.30. The Morgan fingerprint density at radius 1 is 1.09 bits per heavy atom. The standard InChI is InChI=1S/C25H25ClFN5O/c1-13-7-16(8-23(33-13)17-11-28-32(4)12-17)21-10-22-25(30-15(3)14(2)29-22)24(31-21)19-6-5-18(26)9-20(19)27/h5-6,9-13,16,23H,7-8H2,1-4H3/t13-,16-,23-/m0/s1. The van der Waals surface area contributed by atoms with Gasteiger partial charge in [-0.25, -0.2) is 19.3 Å². The van der Waals surface area contributed by atoms with Crippen LogP contribution >= 0.6 is 11.6 Å². The number of fused-ring (bicyclic) bond motifs is 1. The van der Waals surface area contributed by atoms with Crippen LogP contribution in [0.4, 0.5) is 4.39 Å². The summed E-state index contributed by atoms with van der Waals surface area (Å²) in [6.45, 7) is 5.90. The third kappa shape index (κ3) is 4.23. The van der Waals surface area contributed by atoms with E-state index in [9.17, 15) is 4.39 Å². The van der Waals surface area contributed by atoms with E-state index >= 15 is 0 Å². The van der Waals surface area contributed by atoms with E-state index in [1.165, 1.54) is 6.07 Å². The molecule has 0 N–H and O–H groups in total. The smallest absolute Gasteiger partial charge is 0.134 e. The number of hydrogen-bond acceptors (Lipinski definition) is 5. The average molecular weight is 466 g/mol. The summed E-state index contributed by atoms with van der Waals surface area (Å²) in [5, 5.41) is 4.63. The van der Waals surface area contributed by atoms with Gasteiger partial charge >= 0.3 is 0 Å². The first-order valence-electron chi connectivity index (χ1n) is 11.0. The van der Waals surface area contributed by atoms with Crippen LogP contribution in [-0.2, 0) is 11.8 Å². The van der Waals surface area contributed by atoms with Gasteiger partial charge in [-0.2, -0.15) is 5.10 Å². The molecule has 1 aliphatic rings. The minimum atomic E-state index is -0.429. The summed E-state index contributed by atoms with van der Waals surface area (Å²) in [5.41, 5.74) is 5.71. The highest BCUT2D eigenvalue weighted by Gasteiger charge is 2.31. The van der Waals surface area contributed by atoms with Crippen molar-refractivity contribution in [1.82, 2.24) is 24.7 Å². The monoisotopic (exact) mass is 465 g/mol. The fourth-order valence-electron chi connectivity index (χ4n) is 4.54. The lowest BCUT2D eigenvalue weighted by atomic mass is 9.87. The van der Waals surface area contributed by atoms with Crippen molar-refractivity contribution < 1.29 is 9.13 Å². The Balaban J connectivity index is 1.64. The van der Waals surface area contributed by atoms with Crippen molar-refractivity contribution in [3.05, 3.63) is 70.1 Å². The van der Waals surface area contributed by atoms with E-state index in [1.54, 1.807) is 16.8 Å². The van der Waals surface area contributed by atoms with Crippen LogP contribution in [0.15, 0.2) is 36.7 Å². The SMILES string of the molecule is Cc1nc2cc([C@@H]3C[C@@H](c4cnn(C)c4)O[C@@H](C)C3)nc(-c3ccc(Cl)cc3F)c2nc1C. The Morgan fingerprint density at radius 3 is 2.61 bits per heavy atom.